The molecule has 0 bridgehead atoms. The van der Waals surface area contributed by atoms with Crippen molar-refractivity contribution in [1.29, 1.82) is 0 Å². The van der Waals surface area contributed by atoms with Gasteiger partial charge in [-0.1, -0.05) is 0 Å². The molecule has 0 unspecified atom stereocenters. The van der Waals surface area contributed by atoms with Crippen LogP contribution in [0.3, 0.4) is 0 Å². The number of rotatable bonds is 2. The molecule has 0 fully saturated rings. The Hall–Kier alpha value is -0.440. The van der Waals surface area contributed by atoms with Crippen molar-refractivity contribution in [3.8, 4) is 0 Å². The summed E-state index contributed by atoms with van der Waals surface area (Å²) < 4.78 is 2.16. The van der Waals surface area contributed by atoms with Crippen LogP contribution < -0.4 is 0 Å². The Morgan fingerprint density at radius 2 is 2.27 bits per heavy atom. The van der Waals surface area contributed by atoms with E-state index in [1.807, 2.05) is 6.92 Å². The third kappa shape index (κ3) is 1.77. The quantitative estimate of drug-likeness (QED) is 0.674. The first-order chi connectivity index (χ1) is 5.15. The van der Waals surface area contributed by atoms with Gasteiger partial charge in [-0.2, -0.15) is 12.6 Å². The van der Waals surface area contributed by atoms with Crippen molar-refractivity contribution in [2.75, 3.05) is 0 Å². The van der Waals surface area contributed by atoms with Crippen LogP contribution >= 0.6 is 12.6 Å². The molecule has 0 atom stereocenters. The number of hydrogen-bond donors (Lipinski definition) is 1. The summed E-state index contributed by atoms with van der Waals surface area (Å²) in [4.78, 5) is 4.34. The van der Waals surface area contributed by atoms with Crippen molar-refractivity contribution in [2.45, 2.75) is 32.6 Å². The fourth-order valence-corrected chi connectivity index (χ4v) is 1.30. The molecule has 0 saturated heterocycles. The molecule has 1 rings (SSSR count). The van der Waals surface area contributed by atoms with Gasteiger partial charge in [0.15, 0.2) is 0 Å². The van der Waals surface area contributed by atoms with Crippen molar-refractivity contribution < 1.29 is 0 Å². The molecule has 1 aromatic rings. The fraction of sp³-hybridized carbons (Fsp3) is 0.625. The zero-order valence-electron chi connectivity index (χ0n) is 7.20. The number of aryl methyl sites for hydroxylation is 1. The van der Waals surface area contributed by atoms with Crippen LogP contribution in [0.1, 0.15) is 31.4 Å². The van der Waals surface area contributed by atoms with Gasteiger partial charge in [0.25, 0.3) is 0 Å². The first kappa shape index (κ1) is 8.65. The second kappa shape index (κ2) is 3.30. The summed E-state index contributed by atoms with van der Waals surface area (Å²) in [5.41, 5.74) is 1.06. The van der Waals surface area contributed by atoms with E-state index >= 15 is 0 Å². The van der Waals surface area contributed by atoms with Crippen LogP contribution in [0.25, 0.3) is 0 Å². The van der Waals surface area contributed by atoms with Crippen LogP contribution in [0.5, 0.6) is 0 Å². The number of imidazole rings is 1. The lowest BCUT2D eigenvalue weighted by molar-refractivity contribution is 0.582. The SMILES string of the molecule is Cc1nc(CS)cn1C(C)C. The number of nitrogens with zero attached hydrogens (tertiary/aromatic N) is 2. The Bertz CT molecular complexity index is 240. The van der Waals surface area contributed by atoms with Gasteiger partial charge in [0.1, 0.15) is 5.82 Å². The van der Waals surface area contributed by atoms with E-state index in [4.69, 9.17) is 0 Å². The van der Waals surface area contributed by atoms with E-state index in [-0.39, 0.29) is 0 Å². The highest BCUT2D eigenvalue weighted by Gasteiger charge is 2.04. The Labute approximate surface area is 73.0 Å². The van der Waals surface area contributed by atoms with Crippen molar-refractivity contribution in [3.63, 3.8) is 0 Å². The van der Waals surface area contributed by atoms with Gasteiger partial charge in [-0.05, 0) is 20.8 Å². The average Bonchev–Trinajstić information content (AvgIpc) is 2.30. The monoisotopic (exact) mass is 170 g/mol. The summed E-state index contributed by atoms with van der Waals surface area (Å²) in [5, 5.41) is 0. The molecule has 2 nitrogen and oxygen atoms in total. The van der Waals surface area contributed by atoms with E-state index in [1.165, 1.54) is 0 Å². The number of hydrogen-bond acceptors (Lipinski definition) is 2. The molecule has 0 radical (unpaired) electrons. The topological polar surface area (TPSA) is 17.8 Å². The fourth-order valence-electron chi connectivity index (χ4n) is 1.15. The zero-order valence-corrected chi connectivity index (χ0v) is 8.10. The molecule has 0 aliphatic carbocycles. The summed E-state index contributed by atoms with van der Waals surface area (Å²) in [7, 11) is 0. The molecule has 62 valence electrons. The molecule has 0 amide bonds. The number of aromatic nitrogens is 2. The predicted octanol–water partition coefficient (Wildman–Crippen LogP) is 2.20. The zero-order chi connectivity index (χ0) is 8.43. The van der Waals surface area contributed by atoms with Crippen molar-refractivity contribution in [3.05, 3.63) is 17.7 Å². The maximum Gasteiger partial charge on any atom is 0.106 e. The van der Waals surface area contributed by atoms with Crippen LogP contribution in [0.4, 0.5) is 0 Å². The van der Waals surface area contributed by atoms with E-state index in [0.717, 1.165) is 17.3 Å². The van der Waals surface area contributed by atoms with Gasteiger partial charge in [0, 0.05) is 18.0 Å². The van der Waals surface area contributed by atoms with Crippen LogP contribution in [-0.4, -0.2) is 9.55 Å². The van der Waals surface area contributed by atoms with Crippen molar-refractivity contribution >= 4 is 12.6 Å². The maximum absolute atomic E-state index is 4.34. The van der Waals surface area contributed by atoms with Crippen LogP contribution in [0.2, 0.25) is 0 Å². The van der Waals surface area contributed by atoms with E-state index < -0.39 is 0 Å². The molecule has 0 N–H and O–H groups in total. The lowest BCUT2D eigenvalue weighted by Gasteiger charge is -2.07. The molecule has 0 aliphatic heterocycles. The molecule has 3 heteroatoms. The van der Waals surface area contributed by atoms with Gasteiger partial charge in [-0.3, -0.25) is 0 Å². The third-order valence-electron chi connectivity index (χ3n) is 1.69. The highest BCUT2D eigenvalue weighted by atomic mass is 32.1. The smallest absolute Gasteiger partial charge is 0.106 e. The third-order valence-corrected chi connectivity index (χ3v) is 2.01. The van der Waals surface area contributed by atoms with Gasteiger partial charge in [0.05, 0.1) is 5.69 Å². The lowest BCUT2D eigenvalue weighted by Crippen LogP contribution is -2.00. The van der Waals surface area contributed by atoms with Gasteiger partial charge in [-0.25, -0.2) is 4.98 Å². The minimum absolute atomic E-state index is 0.496. The predicted molar refractivity (Wildman–Crippen MR) is 50.0 cm³/mol. The van der Waals surface area contributed by atoms with E-state index in [1.54, 1.807) is 0 Å². The number of thiol groups is 1. The second-order valence-electron chi connectivity index (χ2n) is 2.94. The first-order valence-electron chi connectivity index (χ1n) is 3.80. The summed E-state index contributed by atoms with van der Waals surface area (Å²) in [6, 6.07) is 0.496. The van der Waals surface area contributed by atoms with Gasteiger partial charge >= 0.3 is 0 Å². The standard InChI is InChI=1S/C8H14N2S/c1-6(2)10-4-8(5-11)9-7(10)3/h4,6,11H,5H2,1-3H3. The Morgan fingerprint density at radius 1 is 1.64 bits per heavy atom. The maximum atomic E-state index is 4.34. The molecule has 1 heterocycles. The van der Waals surface area contributed by atoms with Gasteiger partial charge in [-0.15, -0.1) is 0 Å². The summed E-state index contributed by atoms with van der Waals surface area (Å²) in [6.45, 7) is 6.32. The highest BCUT2D eigenvalue weighted by molar-refractivity contribution is 7.79. The van der Waals surface area contributed by atoms with E-state index in [2.05, 4.69) is 42.2 Å². The molecular formula is C8H14N2S. The molecular weight excluding hydrogens is 156 g/mol. The Balaban J connectivity index is 2.97. The first-order valence-corrected chi connectivity index (χ1v) is 4.43. The molecule has 0 spiro atoms. The van der Waals surface area contributed by atoms with Crippen LogP contribution in [-0.2, 0) is 5.75 Å². The van der Waals surface area contributed by atoms with Gasteiger partial charge < -0.3 is 4.57 Å². The molecule has 0 aromatic carbocycles. The van der Waals surface area contributed by atoms with Crippen molar-refractivity contribution in [2.24, 2.45) is 0 Å². The van der Waals surface area contributed by atoms with Crippen LogP contribution in [0, 0.1) is 6.92 Å². The largest absolute Gasteiger partial charge is 0.332 e. The molecule has 0 aliphatic rings. The highest BCUT2D eigenvalue weighted by Crippen LogP contribution is 2.11. The summed E-state index contributed by atoms with van der Waals surface area (Å²) in [6.07, 6.45) is 2.06. The summed E-state index contributed by atoms with van der Waals surface area (Å²) >= 11 is 4.16. The molecule has 1 aromatic heterocycles. The Morgan fingerprint density at radius 3 is 2.55 bits per heavy atom. The average molecular weight is 170 g/mol. The lowest BCUT2D eigenvalue weighted by atomic mass is 10.4. The normalized spacial score (nSPS) is 11.0. The van der Waals surface area contributed by atoms with E-state index in [9.17, 15) is 0 Å². The van der Waals surface area contributed by atoms with Crippen molar-refractivity contribution in [1.82, 2.24) is 9.55 Å². The minimum atomic E-state index is 0.496. The summed E-state index contributed by atoms with van der Waals surface area (Å²) in [5.74, 6) is 1.80. The van der Waals surface area contributed by atoms with Gasteiger partial charge in [0.2, 0.25) is 0 Å². The molecule has 0 saturated carbocycles. The van der Waals surface area contributed by atoms with E-state index in [0.29, 0.717) is 6.04 Å². The second-order valence-corrected chi connectivity index (χ2v) is 3.25. The molecule has 11 heavy (non-hydrogen) atoms. The Kier molecular flexibility index (Phi) is 2.60. The minimum Gasteiger partial charge on any atom is -0.332 e. The van der Waals surface area contributed by atoms with Crippen LogP contribution in [0.15, 0.2) is 6.20 Å².